The normalized spacial score (nSPS) is 36.9. The van der Waals surface area contributed by atoms with Crippen molar-refractivity contribution in [3.8, 4) is 0 Å². The Morgan fingerprint density at radius 2 is 1.93 bits per heavy atom. The number of nitrogens with zero attached hydrogens (tertiary/aromatic N) is 2. The molecule has 4 heterocycles. The number of fused-ring (bicyclic) bond motifs is 1. The molecule has 0 unspecified atom stereocenters. The number of piperidine rings is 1. The van der Waals surface area contributed by atoms with E-state index in [0.29, 0.717) is 17.2 Å². The third-order valence-electron chi connectivity index (χ3n) is 7.51. The van der Waals surface area contributed by atoms with Gasteiger partial charge in [-0.25, -0.2) is 4.79 Å². The van der Waals surface area contributed by atoms with Crippen LogP contribution in [0.15, 0.2) is 10.6 Å². The van der Waals surface area contributed by atoms with Crippen molar-refractivity contribution in [2.75, 3.05) is 33.7 Å². The summed E-state index contributed by atoms with van der Waals surface area (Å²) in [5.74, 6) is -1.13. The Balaban J connectivity index is 0.00000256. The molecule has 4 aliphatic rings. The van der Waals surface area contributed by atoms with Crippen LogP contribution in [0.25, 0.3) is 0 Å². The molecule has 1 amide bonds. The van der Waals surface area contributed by atoms with Crippen LogP contribution in [0.5, 0.6) is 0 Å². The van der Waals surface area contributed by atoms with Crippen LogP contribution >= 0.6 is 11.8 Å². The highest BCUT2D eigenvalue weighted by atomic mass is 127. The molecule has 3 N–H and O–H groups in total. The summed E-state index contributed by atoms with van der Waals surface area (Å²) in [6.07, 6.45) is 2.77. The lowest BCUT2D eigenvalue weighted by molar-refractivity contribution is -0.896. The zero-order chi connectivity index (χ0) is 21.1. The number of quaternary nitrogens is 1. The molecule has 0 aromatic carbocycles. The van der Waals surface area contributed by atoms with Crippen LogP contribution in [0.2, 0.25) is 0 Å². The maximum Gasteiger partial charge on any atom is 0.353 e. The highest BCUT2D eigenvalue weighted by Gasteiger charge is 2.60. The molecule has 0 spiro atoms. The number of carbonyl (C=O) groups excluding carboxylic acids is 1. The van der Waals surface area contributed by atoms with Crippen molar-refractivity contribution >= 4 is 23.6 Å². The average Bonchev–Trinajstić information content (AvgIpc) is 3.17. The van der Waals surface area contributed by atoms with E-state index >= 15 is 0 Å². The Hall–Kier alpha value is -0.360. The van der Waals surface area contributed by atoms with E-state index in [-0.39, 0.29) is 47.5 Å². The van der Waals surface area contributed by atoms with Gasteiger partial charge >= 0.3 is 5.97 Å². The molecule has 0 radical (unpaired) electrons. The molecular formula is C21H34IN3O4S. The smallest absolute Gasteiger partial charge is 0.353 e. The highest BCUT2D eigenvalue weighted by Crippen LogP contribution is 2.52. The molecule has 0 aromatic heterocycles. The molecule has 3 saturated heterocycles. The standard InChI is InChI=1S/C21H33N3O4S.HI/c1-11-17-16(12(2)25)20(26)23(17)18(21(27)28)19(11)29-14-9-15(22-10-14)13-5-7-24(3,4)8-6-13;/h11-17,22,25H,5-10H2,1-4H3;1H/t11-,12-,14+,15+,16-,17-;/m1./s1. The van der Waals surface area contributed by atoms with E-state index in [1.807, 2.05) is 6.92 Å². The van der Waals surface area contributed by atoms with E-state index < -0.39 is 18.0 Å². The maximum atomic E-state index is 12.5. The van der Waals surface area contributed by atoms with Gasteiger partial charge in [0.25, 0.3) is 0 Å². The first-order valence-corrected chi connectivity index (χ1v) is 11.7. The minimum absolute atomic E-state index is 0. The second-order valence-corrected chi connectivity index (χ2v) is 11.3. The number of carbonyl (C=O) groups is 2. The van der Waals surface area contributed by atoms with Gasteiger partial charge in [0.15, 0.2) is 0 Å². The first-order chi connectivity index (χ1) is 13.6. The van der Waals surface area contributed by atoms with Crippen LogP contribution < -0.4 is 29.3 Å². The average molecular weight is 551 g/mol. The number of thioether (sulfide) groups is 1. The van der Waals surface area contributed by atoms with Crippen LogP contribution in [-0.4, -0.2) is 88.6 Å². The second kappa shape index (κ2) is 8.88. The van der Waals surface area contributed by atoms with Gasteiger partial charge < -0.3 is 48.9 Å². The minimum atomic E-state index is -1.03. The first kappa shape index (κ1) is 24.3. The first-order valence-electron chi connectivity index (χ1n) is 10.8. The van der Waals surface area contributed by atoms with Crippen LogP contribution in [0.4, 0.5) is 0 Å². The maximum absolute atomic E-state index is 12.5. The number of hydrogen-bond donors (Lipinski definition) is 3. The van der Waals surface area contributed by atoms with Crippen molar-refractivity contribution in [1.82, 2.24) is 10.2 Å². The van der Waals surface area contributed by atoms with Gasteiger partial charge in [-0.3, -0.25) is 4.79 Å². The molecule has 170 valence electrons. The summed E-state index contributed by atoms with van der Waals surface area (Å²) in [6.45, 7) is 6.93. The molecule has 0 saturated carbocycles. The van der Waals surface area contributed by atoms with E-state index in [1.165, 1.54) is 30.8 Å². The molecule has 4 aliphatic heterocycles. The summed E-state index contributed by atoms with van der Waals surface area (Å²) in [4.78, 5) is 26.7. The van der Waals surface area contributed by atoms with Gasteiger partial charge in [0.1, 0.15) is 5.70 Å². The van der Waals surface area contributed by atoms with Gasteiger partial charge in [-0.2, -0.15) is 0 Å². The number of carboxylic acids is 1. The molecule has 6 atom stereocenters. The Labute approximate surface area is 200 Å². The minimum Gasteiger partial charge on any atom is -1.00 e. The van der Waals surface area contributed by atoms with Crippen molar-refractivity contribution < 1.29 is 48.3 Å². The van der Waals surface area contributed by atoms with Crippen LogP contribution in [0, 0.1) is 17.8 Å². The largest absolute Gasteiger partial charge is 1.00 e. The predicted octanol–water partition coefficient (Wildman–Crippen LogP) is -1.91. The Morgan fingerprint density at radius 3 is 2.50 bits per heavy atom. The molecule has 4 rings (SSSR count). The number of aliphatic hydroxyl groups excluding tert-OH is 1. The van der Waals surface area contributed by atoms with E-state index in [9.17, 15) is 19.8 Å². The lowest BCUT2D eigenvalue weighted by atomic mass is 9.79. The fraction of sp³-hybridized carbons (Fsp3) is 0.810. The van der Waals surface area contributed by atoms with Crippen molar-refractivity contribution in [3.05, 3.63) is 10.6 Å². The van der Waals surface area contributed by atoms with Crippen LogP contribution in [0.1, 0.15) is 33.1 Å². The molecular weight excluding hydrogens is 517 g/mol. The Bertz CT molecular complexity index is 734. The highest BCUT2D eigenvalue weighted by molar-refractivity contribution is 8.03. The third-order valence-corrected chi connectivity index (χ3v) is 9.02. The number of rotatable bonds is 5. The van der Waals surface area contributed by atoms with Crippen molar-refractivity contribution in [1.29, 1.82) is 0 Å². The summed E-state index contributed by atoms with van der Waals surface area (Å²) < 4.78 is 1.10. The van der Waals surface area contributed by atoms with E-state index in [4.69, 9.17) is 0 Å². The number of β-lactam (4-membered cyclic amide) rings is 1. The number of likely N-dealkylation sites (tertiary alicyclic amines) is 1. The molecule has 30 heavy (non-hydrogen) atoms. The zero-order valence-electron chi connectivity index (χ0n) is 18.2. The fourth-order valence-corrected chi connectivity index (χ4v) is 7.22. The summed E-state index contributed by atoms with van der Waals surface area (Å²) in [7, 11) is 4.59. The van der Waals surface area contributed by atoms with Crippen molar-refractivity contribution in [2.24, 2.45) is 17.8 Å². The number of nitrogens with one attached hydrogen (secondary N) is 1. The predicted molar refractivity (Wildman–Crippen MR) is 112 cm³/mol. The molecule has 0 aliphatic carbocycles. The second-order valence-electron chi connectivity index (χ2n) is 9.98. The number of carboxylic acid groups (broad SMARTS) is 1. The lowest BCUT2D eigenvalue weighted by Crippen LogP contribution is -3.00. The van der Waals surface area contributed by atoms with E-state index in [2.05, 4.69) is 19.4 Å². The van der Waals surface area contributed by atoms with Gasteiger partial charge in [0, 0.05) is 41.5 Å². The lowest BCUT2D eigenvalue weighted by Gasteiger charge is -2.46. The van der Waals surface area contributed by atoms with Gasteiger partial charge in [-0.1, -0.05) is 6.92 Å². The number of aliphatic hydroxyl groups is 1. The van der Waals surface area contributed by atoms with Gasteiger partial charge in [0.2, 0.25) is 5.91 Å². The fourth-order valence-electron chi connectivity index (χ4n) is 5.73. The van der Waals surface area contributed by atoms with Gasteiger partial charge in [-0.15, -0.1) is 11.8 Å². The summed E-state index contributed by atoms with van der Waals surface area (Å²) in [5, 5.41) is 23.8. The number of aliphatic carboxylic acids is 1. The molecule has 0 bridgehead atoms. The monoisotopic (exact) mass is 551 g/mol. The Morgan fingerprint density at radius 1 is 1.30 bits per heavy atom. The number of halogens is 1. The van der Waals surface area contributed by atoms with Crippen molar-refractivity contribution in [3.63, 3.8) is 0 Å². The molecule has 0 aromatic rings. The summed E-state index contributed by atoms with van der Waals surface area (Å²) in [6, 6.07) is 0.280. The van der Waals surface area contributed by atoms with Crippen LogP contribution in [-0.2, 0) is 9.59 Å². The van der Waals surface area contributed by atoms with E-state index in [1.54, 1.807) is 18.7 Å². The Kier molecular flexibility index (Phi) is 7.19. The quantitative estimate of drug-likeness (QED) is 0.210. The molecule has 3 fully saturated rings. The van der Waals surface area contributed by atoms with Crippen LogP contribution in [0.3, 0.4) is 0 Å². The number of amides is 1. The summed E-state index contributed by atoms with van der Waals surface area (Å²) in [5.41, 5.74) is 0.148. The van der Waals surface area contributed by atoms with Crippen molar-refractivity contribution in [2.45, 2.75) is 56.5 Å². The molecule has 9 heteroatoms. The van der Waals surface area contributed by atoms with E-state index in [0.717, 1.165) is 22.4 Å². The molecule has 7 nitrogen and oxygen atoms in total. The van der Waals surface area contributed by atoms with Gasteiger partial charge in [0.05, 0.1) is 45.2 Å². The number of hydrogen-bond acceptors (Lipinski definition) is 5. The zero-order valence-corrected chi connectivity index (χ0v) is 21.1. The topological polar surface area (TPSA) is 89.9 Å². The third kappa shape index (κ3) is 4.16. The summed E-state index contributed by atoms with van der Waals surface area (Å²) >= 11 is 1.65. The van der Waals surface area contributed by atoms with Gasteiger partial charge in [-0.05, 0) is 19.3 Å². The SMILES string of the molecule is C[C@@H](O)[C@H]1C(=O)N2C(C(=O)O)=C(S[C@@H]3CN[C@H](C4CC[N+](C)(C)CC4)C3)[C@H](C)[C@H]12.[I-].